The second kappa shape index (κ2) is 7.03. The molecule has 2 aromatic rings. The molecule has 0 saturated carbocycles. The van der Waals surface area contributed by atoms with Crippen molar-refractivity contribution in [2.45, 2.75) is 26.3 Å². The van der Waals surface area contributed by atoms with Gasteiger partial charge < -0.3 is 15.2 Å². The van der Waals surface area contributed by atoms with Crippen LogP contribution in [0.15, 0.2) is 6.07 Å². The zero-order valence-electron chi connectivity index (χ0n) is 14.2. The Morgan fingerprint density at radius 1 is 1.39 bits per heavy atom. The molecule has 3 rings (SSSR count). The van der Waals surface area contributed by atoms with Crippen molar-refractivity contribution in [2.75, 3.05) is 40.3 Å². The van der Waals surface area contributed by atoms with Crippen LogP contribution in [-0.4, -0.2) is 61.0 Å². The van der Waals surface area contributed by atoms with Crippen LogP contribution in [0.3, 0.4) is 0 Å². The van der Waals surface area contributed by atoms with Crippen LogP contribution in [0.4, 0.5) is 0 Å². The molecule has 0 bridgehead atoms. The Kier molecular flexibility index (Phi) is 5.04. The number of H-pyrrole nitrogens is 1. The summed E-state index contributed by atoms with van der Waals surface area (Å²) in [6.45, 7) is 6.78. The number of aromatic amines is 1. The summed E-state index contributed by atoms with van der Waals surface area (Å²) in [7, 11) is 4.02. The fraction of sp³-hybridized carbons (Fsp3) is 0.588. The maximum Gasteiger partial charge on any atom is 0.268 e. The molecule has 6 heteroatoms. The minimum atomic E-state index is 0.0158. The van der Waals surface area contributed by atoms with Gasteiger partial charge in [0.25, 0.3) is 5.91 Å². The Bertz CT molecular complexity index is 682. The third kappa shape index (κ3) is 3.76. The molecule has 1 saturated heterocycles. The summed E-state index contributed by atoms with van der Waals surface area (Å²) in [5, 5.41) is 3.04. The van der Waals surface area contributed by atoms with E-state index in [-0.39, 0.29) is 5.91 Å². The lowest BCUT2D eigenvalue weighted by atomic mass is 10.2. The monoisotopic (exact) mass is 334 g/mol. The number of hydrogen-bond donors (Lipinski definition) is 2. The predicted molar refractivity (Wildman–Crippen MR) is 96.3 cm³/mol. The van der Waals surface area contributed by atoms with Crippen molar-refractivity contribution < 1.29 is 4.79 Å². The van der Waals surface area contributed by atoms with Gasteiger partial charge in [0.1, 0.15) is 5.69 Å². The van der Waals surface area contributed by atoms with Crippen molar-refractivity contribution in [3.8, 4) is 0 Å². The number of hydrogen-bond acceptors (Lipinski definition) is 4. The van der Waals surface area contributed by atoms with Gasteiger partial charge in [0.2, 0.25) is 0 Å². The molecule has 126 valence electrons. The van der Waals surface area contributed by atoms with Crippen molar-refractivity contribution in [1.29, 1.82) is 0 Å². The van der Waals surface area contributed by atoms with Gasteiger partial charge in [-0.2, -0.15) is 0 Å². The Balaban J connectivity index is 1.82. The van der Waals surface area contributed by atoms with Crippen molar-refractivity contribution in [2.24, 2.45) is 0 Å². The third-order valence-corrected chi connectivity index (χ3v) is 5.45. The maximum absolute atomic E-state index is 12.6. The molecular weight excluding hydrogens is 308 g/mol. The number of aromatic nitrogens is 1. The van der Waals surface area contributed by atoms with Gasteiger partial charge in [-0.05, 0) is 53.0 Å². The average molecular weight is 334 g/mol. The number of nitrogens with one attached hydrogen (secondary N) is 2. The smallest absolute Gasteiger partial charge is 0.268 e. The predicted octanol–water partition coefficient (Wildman–Crippen LogP) is 2.43. The summed E-state index contributed by atoms with van der Waals surface area (Å²) in [5.41, 5.74) is 3.01. The van der Waals surface area contributed by atoms with Crippen molar-refractivity contribution in [3.05, 3.63) is 22.2 Å². The molecule has 23 heavy (non-hydrogen) atoms. The van der Waals surface area contributed by atoms with E-state index in [9.17, 15) is 4.79 Å². The van der Waals surface area contributed by atoms with Gasteiger partial charge in [-0.15, -0.1) is 11.3 Å². The topological polar surface area (TPSA) is 51.4 Å². The molecule has 1 aliphatic heterocycles. The van der Waals surface area contributed by atoms with E-state index >= 15 is 0 Å². The second-order valence-corrected chi connectivity index (χ2v) is 7.88. The largest absolute Gasteiger partial charge is 0.350 e. The standard InChI is InChI=1S/C17H26N4OS/c1-12-10-14-16(23-12)13(11-21-7-4-5-8-21)15(19-14)17(22)18-6-9-20(2)3/h10,19H,4-9,11H2,1-3H3,(H,18,22). The van der Waals surface area contributed by atoms with Crippen LogP contribution in [0.25, 0.3) is 10.2 Å². The summed E-state index contributed by atoms with van der Waals surface area (Å²) >= 11 is 1.78. The molecular formula is C17H26N4OS. The number of amides is 1. The molecule has 1 fully saturated rings. The molecule has 0 atom stereocenters. The molecule has 1 aliphatic rings. The highest BCUT2D eigenvalue weighted by molar-refractivity contribution is 7.19. The summed E-state index contributed by atoms with van der Waals surface area (Å²) < 4.78 is 1.24. The maximum atomic E-state index is 12.6. The van der Waals surface area contributed by atoms with Gasteiger partial charge in [-0.1, -0.05) is 0 Å². The van der Waals surface area contributed by atoms with Crippen LogP contribution in [0.2, 0.25) is 0 Å². The van der Waals surface area contributed by atoms with E-state index in [0.717, 1.165) is 37.4 Å². The zero-order chi connectivity index (χ0) is 16.4. The van der Waals surface area contributed by atoms with Gasteiger partial charge in [0.15, 0.2) is 0 Å². The first kappa shape index (κ1) is 16.5. The number of carbonyl (C=O) groups excluding carboxylic acids is 1. The fourth-order valence-corrected chi connectivity index (χ4v) is 4.15. The number of carbonyl (C=O) groups is 1. The van der Waals surface area contributed by atoms with E-state index in [2.05, 4.69) is 33.1 Å². The van der Waals surface area contributed by atoms with Gasteiger partial charge in [-0.3, -0.25) is 9.69 Å². The van der Waals surface area contributed by atoms with Crippen LogP contribution >= 0.6 is 11.3 Å². The Labute approximate surface area is 141 Å². The highest BCUT2D eigenvalue weighted by atomic mass is 32.1. The van der Waals surface area contributed by atoms with Gasteiger partial charge in [0, 0.05) is 30.1 Å². The van der Waals surface area contributed by atoms with Crippen LogP contribution in [0, 0.1) is 6.92 Å². The molecule has 0 spiro atoms. The normalized spacial score (nSPS) is 15.8. The molecule has 0 aliphatic carbocycles. The van der Waals surface area contributed by atoms with E-state index in [1.54, 1.807) is 11.3 Å². The number of likely N-dealkylation sites (tertiary alicyclic amines) is 1. The molecule has 0 radical (unpaired) electrons. The fourth-order valence-electron chi connectivity index (χ4n) is 3.15. The Morgan fingerprint density at radius 3 is 2.83 bits per heavy atom. The molecule has 1 amide bonds. The van der Waals surface area contributed by atoms with E-state index in [1.807, 2.05) is 14.1 Å². The summed E-state index contributed by atoms with van der Waals surface area (Å²) in [5.74, 6) is 0.0158. The van der Waals surface area contributed by atoms with Crippen LogP contribution < -0.4 is 5.32 Å². The average Bonchev–Trinajstić information content (AvgIpc) is 3.17. The molecule has 0 aromatic carbocycles. The quantitative estimate of drug-likeness (QED) is 0.853. The second-order valence-electron chi connectivity index (χ2n) is 6.62. The minimum Gasteiger partial charge on any atom is -0.350 e. The zero-order valence-corrected chi connectivity index (χ0v) is 15.1. The van der Waals surface area contributed by atoms with Gasteiger partial charge in [-0.25, -0.2) is 0 Å². The molecule has 2 N–H and O–H groups in total. The van der Waals surface area contributed by atoms with E-state index < -0.39 is 0 Å². The SMILES string of the molecule is Cc1cc2[nH]c(C(=O)NCCN(C)C)c(CN3CCCC3)c2s1. The number of rotatable bonds is 6. The summed E-state index contributed by atoms with van der Waals surface area (Å²) in [4.78, 5) is 21.8. The first-order valence-electron chi connectivity index (χ1n) is 8.31. The van der Waals surface area contributed by atoms with E-state index in [0.29, 0.717) is 6.54 Å². The number of likely N-dealkylation sites (N-methyl/N-ethyl adjacent to an activating group) is 1. The Morgan fingerprint density at radius 2 is 2.13 bits per heavy atom. The van der Waals surface area contributed by atoms with Crippen molar-refractivity contribution in [3.63, 3.8) is 0 Å². The summed E-state index contributed by atoms with van der Waals surface area (Å²) in [6, 6.07) is 2.14. The van der Waals surface area contributed by atoms with Crippen molar-refractivity contribution >= 4 is 27.5 Å². The highest BCUT2D eigenvalue weighted by Gasteiger charge is 2.22. The highest BCUT2D eigenvalue weighted by Crippen LogP contribution is 2.32. The molecule has 5 nitrogen and oxygen atoms in total. The minimum absolute atomic E-state index is 0.0158. The first-order valence-corrected chi connectivity index (χ1v) is 9.12. The lowest BCUT2D eigenvalue weighted by molar-refractivity contribution is 0.0945. The van der Waals surface area contributed by atoms with Crippen LogP contribution in [-0.2, 0) is 6.54 Å². The van der Waals surface area contributed by atoms with E-state index in [1.165, 1.54) is 28.0 Å². The molecule has 3 heterocycles. The van der Waals surface area contributed by atoms with E-state index in [4.69, 9.17) is 0 Å². The molecule has 2 aromatic heterocycles. The van der Waals surface area contributed by atoms with Gasteiger partial charge in [0.05, 0.1) is 10.2 Å². The number of aryl methyl sites for hydroxylation is 1. The number of fused-ring (bicyclic) bond motifs is 1. The van der Waals surface area contributed by atoms with Gasteiger partial charge >= 0.3 is 0 Å². The lowest BCUT2D eigenvalue weighted by Gasteiger charge is -2.15. The first-order chi connectivity index (χ1) is 11.0. The van der Waals surface area contributed by atoms with Crippen LogP contribution in [0.1, 0.15) is 33.8 Å². The molecule has 0 unspecified atom stereocenters. The Hall–Kier alpha value is -1.37. The number of nitrogens with zero attached hydrogens (tertiary/aromatic N) is 2. The number of thiophene rings is 1. The summed E-state index contributed by atoms with van der Waals surface area (Å²) in [6.07, 6.45) is 2.53. The third-order valence-electron chi connectivity index (χ3n) is 4.34. The van der Waals surface area contributed by atoms with Crippen molar-refractivity contribution in [1.82, 2.24) is 20.1 Å². The lowest BCUT2D eigenvalue weighted by Crippen LogP contribution is -2.32. The van der Waals surface area contributed by atoms with Crippen LogP contribution in [0.5, 0.6) is 0 Å².